The van der Waals surface area contributed by atoms with Gasteiger partial charge in [0.05, 0.1) is 32.5 Å². The first kappa shape index (κ1) is 27.8. The van der Waals surface area contributed by atoms with Crippen LogP contribution < -0.4 is 20.3 Å². The van der Waals surface area contributed by atoms with Gasteiger partial charge in [-0.3, -0.25) is 14.2 Å². The third kappa shape index (κ3) is 6.28. The fourth-order valence-electron chi connectivity index (χ4n) is 4.22. The second-order valence-corrected chi connectivity index (χ2v) is 9.97. The van der Waals surface area contributed by atoms with Crippen molar-refractivity contribution in [1.29, 1.82) is 0 Å². The Morgan fingerprint density at radius 3 is 2.49 bits per heavy atom. The second kappa shape index (κ2) is 12.6. The smallest absolute Gasteiger partial charge is 0.348 e. The predicted molar refractivity (Wildman–Crippen MR) is 150 cm³/mol. The summed E-state index contributed by atoms with van der Waals surface area (Å²) in [4.78, 5) is 44.1. The Labute approximate surface area is 230 Å². The van der Waals surface area contributed by atoms with Crippen LogP contribution in [0.3, 0.4) is 0 Å². The number of carbonyl (C=O) groups is 2. The van der Waals surface area contributed by atoms with Crippen LogP contribution in [0, 0.1) is 6.92 Å². The fourth-order valence-corrected chi connectivity index (χ4v) is 5.25. The van der Waals surface area contributed by atoms with E-state index in [2.05, 4.69) is 10.3 Å². The van der Waals surface area contributed by atoms with E-state index in [4.69, 9.17) is 14.2 Å². The van der Waals surface area contributed by atoms with E-state index in [1.165, 1.54) is 10.9 Å². The van der Waals surface area contributed by atoms with E-state index in [-0.39, 0.29) is 18.1 Å². The number of nitrogens with one attached hydrogen (secondary N) is 1. The minimum Gasteiger partial charge on any atom is -0.493 e. The molecule has 0 spiro atoms. The molecule has 39 heavy (non-hydrogen) atoms. The van der Waals surface area contributed by atoms with Crippen molar-refractivity contribution in [3.8, 4) is 11.5 Å². The average molecular weight is 550 g/mol. The maximum absolute atomic E-state index is 13.3. The molecule has 9 nitrogen and oxygen atoms in total. The topological polar surface area (TPSA) is 109 Å². The highest BCUT2D eigenvalue weighted by Gasteiger charge is 2.23. The number of aryl methyl sites for hydroxylation is 1. The molecule has 1 atom stereocenters. The molecule has 0 aliphatic heterocycles. The van der Waals surface area contributed by atoms with Crippen LogP contribution in [0.2, 0.25) is 0 Å². The maximum Gasteiger partial charge on any atom is 0.348 e. The lowest BCUT2D eigenvalue weighted by Crippen LogP contribution is -2.36. The summed E-state index contributed by atoms with van der Waals surface area (Å²) in [5.74, 6) is 0.449. The van der Waals surface area contributed by atoms with E-state index in [1.54, 1.807) is 28.1 Å². The summed E-state index contributed by atoms with van der Waals surface area (Å²) in [6.45, 7) is 3.95. The Balaban J connectivity index is 1.41. The highest BCUT2D eigenvalue weighted by Crippen LogP contribution is 2.29. The summed E-state index contributed by atoms with van der Waals surface area (Å²) in [6.07, 6.45) is 2.52. The second-order valence-electron chi connectivity index (χ2n) is 8.97. The predicted octanol–water partition coefficient (Wildman–Crippen LogP) is 4.10. The SMILES string of the molecule is COc1ccc(CCNC(=O)C(C)n2cnc3sc(C(=O)OCCc4ccccc4)c(C)c3c2=O)cc1OC. The number of methoxy groups -OCH3 is 2. The molecule has 4 rings (SSSR count). The number of thiophene rings is 1. The molecule has 204 valence electrons. The van der Waals surface area contributed by atoms with Gasteiger partial charge in [0.25, 0.3) is 5.56 Å². The molecule has 0 saturated heterocycles. The largest absolute Gasteiger partial charge is 0.493 e. The Morgan fingerprint density at radius 1 is 1.03 bits per heavy atom. The molecule has 0 radical (unpaired) electrons. The minimum atomic E-state index is -0.791. The summed E-state index contributed by atoms with van der Waals surface area (Å²) in [7, 11) is 3.14. The molecule has 2 aromatic heterocycles. The Kier molecular flexibility index (Phi) is 8.98. The molecule has 0 bridgehead atoms. The first-order valence-corrected chi connectivity index (χ1v) is 13.4. The summed E-state index contributed by atoms with van der Waals surface area (Å²) < 4.78 is 17.3. The summed E-state index contributed by atoms with van der Waals surface area (Å²) in [5, 5.41) is 3.20. The van der Waals surface area contributed by atoms with Gasteiger partial charge < -0.3 is 19.5 Å². The van der Waals surface area contributed by atoms with Gasteiger partial charge in [-0.1, -0.05) is 36.4 Å². The number of benzene rings is 2. The van der Waals surface area contributed by atoms with Crippen LogP contribution in [0.4, 0.5) is 0 Å². The van der Waals surface area contributed by atoms with Crippen molar-refractivity contribution in [2.24, 2.45) is 0 Å². The molecule has 0 fully saturated rings. The molecule has 4 aromatic rings. The summed E-state index contributed by atoms with van der Waals surface area (Å²) >= 11 is 1.12. The molecule has 1 amide bonds. The van der Waals surface area contributed by atoms with Crippen molar-refractivity contribution >= 4 is 33.4 Å². The first-order chi connectivity index (χ1) is 18.8. The molecule has 2 aromatic carbocycles. The number of fused-ring (bicyclic) bond motifs is 1. The van der Waals surface area contributed by atoms with Crippen molar-refractivity contribution in [2.75, 3.05) is 27.4 Å². The Bertz CT molecular complexity index is 1530. The average Bonchev–Trinajstić information content (AvgIpc) is 3.30. The lowest BCUT2D eigenvalue weighted by Gasteiger charge is -2.15. The highest BCUT2D eigenvalue weighted by atomic mass is 32.1. The lowest BCUT2D eigenvalue weighted by molar-refractivity contribution is -0.123. The highest BCUT2D eigenvalue weighted by molar-refractivity contribution is 7.20. The van der Waals surface area contributed by atoms with E-state index in [0.717, 1.165) is 22.5 Å². The number of ether oxygens (including phenoxy) is 3. The molecule has 0 saturated carbocycles. The minimum absolute atomic E-state index is 0.231. The van der Waals surface area contributed by atoms with Crippen LogP contribution in [-0.4, -0.2) is 48.8 Å². The fraction of sp³-hybridized carbons (Fsp3) is 0.310. The molecule has 1 N–H and O–H groups in total. The number of nitrogens with zero attached hydrogens (tertiary/aromatic N) is 2. The van der Waals surface area contributed by atoms with Crippen molar-refractivity contribution in [3.05, 3.63) is 86.8 Å². The Morgan fingerprint density at radius 2 is 1.77 bits per heavy atom. The van der Waals surface area contributed by atoms with Crippen LogP contribution in [0.5, 0.6) is 11.5 Å². The van der Waals surface area contributed by atoms with Gasteiger partial charge in [0.2, 0.25) is 5.91 Å². The van der Waals surface area contributed by atoms with Gasteiger partial charge in [-0.2, -0.15) is 0 Å². The number of esters is 1. The lowest BCUT2D eigenvalue weighted by atomic mass is 10.1. The van der Waals surface area contributed by atoms with Crippen LogP contribution >= 0.6 is 11.3 Å². The number of aromatic nitrogens is 2. The normalized spacial score (nSPS) is 11.7. The van der Waals surface area contributed by atoms with Gasteiger partial charge in [0.1, 0.15) is 15.7 Å². The molecule has 0 aliphatic carbocycles. The Hall–Kier alpha value is -4.18. The van der Waals surface area contributed by atoms with Crippen LogP contribution in [0.25, 0.3) is 10.2 Å². The summed E-state index contributed by atoms with van der Waals surface area (Å²) in [6, 6.07) is 14.5. The zero-order chi connectivity index (χ0) is 27.9. The molecule has 0 aliphatic rings. The number of hydrogen-bond donors (Lipinski definition) is 1. The summed E-state index contributed by atoms with van der Waals surface area (Å²) in [5.41, 5.74) is 2.17. The zero-order valence-electron chi connectivity index (χ0n) is 22.4. The number of hydrogen-bond acceptors (Lipinski definition) is 8. The van der Waals surface area contributed by atoms with Gasteiger partial charge in [0.15, 0.2) is 11.5 Å². The molecular formula is C29H31N3O6S. The quantitative estimate of drug-likeness (QED) is 0.281. The molecule has 2 heterocycles. The number of amides is 1. The molecule has 10 heteroatoms. The van der Waals surface area contributed by atoms with Crippen molar-refractivity contribution in [2.45, 2.75) is 32.7 Å². The maximum atomic E-state index is 13.3. The van der Waals surface area contributed by atoms with Gasteiger partial charge in [0, 0.05) is 13.0 Å². The van der Waals surface area contributed by atoms with E-state index >= 15 is 0 Å². The zero-order valence-corrected chi connectivity index (χ0v) is 23.2. The van der Waals surface area contributed by atoms with Gasteiger partial charge in [-0.15, -0.1) is 11.3 Å². The van der Waals surface area contributed by atoms with Crippen LogP contribution in [0.1, 0.15) is 39.3 Å². The van der Waals surface area contributed by atoms with Crippen LogP contribution in [0.15, 0.2) is 59.7 Å². The van der Waals surface area contributed by atoms with E-state index in [0.29, 0.717) is 51.5 Å². The van der Waals surface area contributed by atoms with Crippen molar-refractivity contribution in [1.82, 2.24) is 14.9 Å². The standard InChI is InChI=1S/C29H31N3O6S/c1-18-24-27(39-25(18)29(35)38-15-13-20-8-6-5-7-9-20)31-17-32(28(24)34)19(2)26(33)30-14-12-21-10-11-22(36-3)23(16-21)37-4/h5-11,16-17,19H,12-15H2,1-4H3,(H,30,33). The number of rotatable bonds is 11. The first-order valence-electron chi connectivity index (χ1n) is 12.5. The number of carbonyl (C=O) groups excluding carboxylic acids is 2. The molecular weight excluding hydrogens is 518 g/mol. The van der Waals surface area contributed by atoms with Crippen LogP contribution in [-0.2, 0) is 22.4 Å². The third-order valence-corrected chi connectivity index (χ3v) is 7.67. The monoisotopic (exact) mass is 549 g/mol. The van der Waals surface area contributed by atoms with E-state index < -0.39 is 12.0 Å². The molecule has 1 unspecified atom stereocenters. The van der Waals surface area contributed by atoms with E-state index in [1.807, 2.05) is 48.5 Å². The third-order valence-electron chi connectivity index (χ3n) is 6.49. The van der Waals surface area contributed by atoms with E-state index in [9.17, 15) is 14.4 Å². The van der Waals surface area contributed by atoms with Crippen molar-refractivity contribution < 1.29 is 23.8 Å². The van der Waals surface area contributed by atoms with Crippen molar-refractivity contribution in [3.63, 3.8) is 0 Å². The van der Waals surface area contributed by atoms with Gasteiger partial charge in [-0.25, -0.2) is 9.78 Å². The van der Waals surface area contributed by atoms with Gasteiger partial charge in [-0.05, 0) is 49.1 Å². The van der Waals surface area contributed by atoms with Gasteiger partial charge >= 0.3 is 5.97 Å².